The summed E-state index contributed by atoms with van der Waals surface area (Å²) in [7, 11) is 0.961. The third-order valence-electron chi connectivity index (χ3n) is 5.36. The molecule has 1 amide bonds. The first-order valence-electron chi connectivity index (χ1n) is 12.0. The van der Waals surface area contributed by atoms with Gasteiger partial charge in [-0.2, -0.15) is 0 Å². The lowest BCUT2D eigenvalue weighted by Gasteiger charge is -2.50. The summed E-state index contributed by atoms with van der Waals surface area (Å²) in [4.78, 5) is 73.1. The van der Waals surface area contributed by atoms with Crippen LogP contribution < -0.4 is 5.32 Å². The molecule has 0 aromatic carbocycles. The predicted molar refractivity (Wildman–Crippen MR) is 127 cm³/mol. The van der Waals surface area contributed by atoms with Crippen LogP contribution in [0.25, 0.3) is 0 Å². The Kier molecular flexibility index (Phi) is 11.7. The van der Waals surface area contributed by atoms with E-state index in [9.17, 15) is 33.9 Å². The quantitative estimate of drug-likeness (QED) is 0.283. The van der Waals surface area contributed by atoms with Crippen molar-refractivity contribution in [3.05, 3.63) is 0 Å². The molecule has 0 aromatic rings. The molecular formula is C24H37NO14. The van der Waals surface area contributed by atoms with Gasteiger partial charge in [0.05, 0.1) is 19.1 Å². The molecule has 0 radical (unpaired) electrons. The van der Waals surface area contributed by atoms with Crippen LogP contribution in [0.1, 0.15) is 55.4 Å². The van der Waals surface area contributed by atoms with Crippen LogP contribution in [0.15, 0.2) is 0 Å². The zero-order valence-electron chi connectivity index (χ0n) is 23.4. The van der Waals surface area contributed by atoms with Gasteiger partial charge in [-0.1, -0.05) is 6.92 Å². The lowest BCUT2D eigenvalue weighted by Crippen LogP contribution is -2.72. The molecule has 0 spiro atoms. The van der Waals surface area contributed by atoms with E-state index in [1.807, 2.05) is 0 Å². The Hall–Kier alpha value is -3.46. The van der Waals surface area contributed by atoms with E-state index in [1.165, 1.54) is 6.92 Å². The van der Waals surface area contributed by atoms with Crippen LogP contribution in [-0.4, -0.2) is 96.6 Å². The third kappa shape index (κ3) is 9.66. The molecule has 0 aromatic heterocycles. The summed E-state index contributed by atoms with van der Waals surface area (Å²) in [5.74, 6) is -8.96. The summed E-state index contributed by atoms with van der Waals surface area (Å²) < 4.78 is 36.7. The molecule has 0 aliphatic carbocycles. The van der Waals surface area contributed by atoms with Crippen LogP contribution in [0.2, 0.25) is 0 Å². The van der Waals surface area contributed by atoms with Crippen molar-refractivity contribution in [2.45, 2.75) is 97.2 Å². The fourth-order valence-electron chi connectivity index (χ4n) is 3.89. The number of carbonyl (C=O) groups excluding carboxylic acids is 6. The molecule has 0 bridgehead atoms. The average molecular weight is 564 g/mol. The van der Waals surface area contributed by atoms with Crippen molar-refractivity contribution >= 4 is 35.9 Å². The normalized spacial score (nSPS) is 26.2. The Balaban J connectivity index is 3.82. The van der Waals surface area contributed by atoms with Crippen LogP contribution in [0.4, 0.5) is 4.79 Å². The van der Waals surface area contributed by atoms with Crippen LogP contribution >= 0.6 is 0 Å². The van der Waals surface area contributed by atoms with Crippen molar-refractivity contribution in [2.24, 2.45) is 5.92 Å². The van der Waals surface area contributed by atoms with E-state index < -0.39 is 90.3 Å². The molecule has 39 heavy (non-hydrogen) atoms. The molecule has 1 aliphatic rings. The lowest BCUT2D eigenvalue weighted by atomic mass is 9.81. The number of methoxy groups -OCH3 is 1. The Morgan fingerprint density at radius 2 is 1.51 bits per heavy atom. The van der Waals surface area contributed by atoms with Gasteiger partial charge in [0.25, 0.3) is 5.79 Å². The number of nitrogens with one attached hydrogen (secondary N) is 1. The van der Waals surface area contributed by atoms with Crippen LogP contribution in [-0.2, 0) is 57.1 Å². The van der Waals surface area contributed by atoms with Crippen LogP contribution in [0, 0.1) is 5.92 Å². The molecule has 5 unspecified atom stereocenters. The molecule has 2 N–H and O–H groups in total. The van der Waals surface area contributed by atoms with Crippen LogP contribution in [0.5, 0.6) is 0 Å². The number of ether oxygens (including phenoxy) is 7. The highest BCUT2D eigenvalue weighted by molar-refractivity contribution is 5.78. The van der Waals surface area contributed by atoms with Gasteiger partial charge in [-0.25, -0.2) is 9.59 Å². The van der Waals surface area contributed by atoms with Crippen molar-refractivity contribution < 1.29 is 67.0 Å². The Morgan fingerprint density at radius 3 is 1.95 bits per heavy atom. The minimum atomic E-state index is -2.81. The fraction of sp³-hybridized carbons (Fsp3) is 0.750. The van der Waals surface area contributed by atoms with Gasteiger partial charge in [0, 0.05) is 27.7 Å². The monoisotopic (exact) mass is 563 g/mol. The van der Waals surface area contributed by atoms with Gasteiger partial charge in [-0.05, 0) is 20.8 Å². The van der Waals surface area contributed by atoms with Crippen molar-refractivity contribution in [3.8, 4) is 0 Å². The van der Waals surface area contributed by atoms with Crippen molar-refractivity contribution in [3.63, 3.8) is 0 Å². The second kappa shape index (κ2) is 13.6. The number of amides is 1. The molecule has 1 saturated heterocycles. The standard InChI is InChI=1S/C24H37NO14/c1-11-18(36-14(4)28)17(25-22(31)39-23(6,7)8)20(38-24(11,32)21(30)33-9)19(37-15(5)29)16(35-13(3)27)10-34-12(2)26/h11,16-20,32H,10H2,1-9H3,(H,25,31)/t11?,16-,17?,18?,19-,20?,24?/m1/s1. The summed E-state index contributed by atoms with van der Waals surface area (Å²) in [5.41, 5.74) is -0.977. The van der Waals surface area contributed by atoms with E-state index in [0.29, 0.717) is 0 Å². The molecule has 15 nitrogen and oxygen atoms in total. The summed E-state index contributed by atoms with van der Waals surface area (Å²) in [5, 5.41) is 13.8. The van der Waals surface area contributed by atoms with Gasteiger partial charge in [0.1, 0.15) is 24.4 Å². The first-order chi connectivity index (χ1) is 17.8. The summed E-state index contributed by atoms with van der Waals surface area (Å²) >= 11 is 0. The Labute approximate surface area is 225 Å². The van der Waals surface area contributed by atoms with E-state index >= 15 is 0 Å². The van der Waals surface area contributed by atoms with Gasteiger partial charge in [0.15, 0.2) is 12.2 Å². The first kappa shape index (κ1) is 33.6. The van der Waals surface area contributed by atoms with Gasteiger partial charge in [-0.3, -0.25) is 19.2 Å². The Bertz CT molecular complexity index is 944. The van der Waals surface area contributed by atoms with Crippen molar-refractivity contribution in [2.75, 3.05) is 13.7 Å². The highest BCUT2D eigenvalue weighted by atomic mass is 16.7. The molecule has 1 fully saturated rings. The Morgan fingerprint density at radius 1 is 0.949 bits per heavy atom. The number of hydrogen-bond donors (Lipinski definition) is 2. The van der Waals surface area contributed by atoms with Gasteiger partial charge >= 0.3 is 35.9 Å². The summed E-state index contributed by atoms with van der Waals surface area (Å²) in [6.07, 6.45) is -7.63. The van der Waals surface area contributed by atoms with E-state index in [2.05, 4.69) is 10.1 Å². The second-order valence-corrected chi connectivity index (χ2v) is 9.83. The van der Waals surface area contributed by atoms with Gasteiger partial charge in [0.2, 0.25) is 0 Å². The molecule has 1 aliphatic heterocycles. The summed E-state index contributed by atoms with van der Waals surface area (Å²) in [6, 6.07) is -1.48. The smallest absolute Gasteiger partial charge is 0.408 e. The predicted octanol–water partition coefficient (Wildman–Crippen LogP) is 0.134. The zero-order valence-corrected chi connectivity index (χ0v) is 23.4. The van der Waals surface area contributed by atoms with E-state index in [1.54, 1.807) is 20.8 Å². The fourth-order valence-corrected chi connectivity index (χ4v) is 3.89. The molecule has 15 heteroatoms. The second-order valence-electron chi connectivity index (χ2n) is 9.83. The minimum absolute atomic E-state index is 0.656. The maximum atomic E-state index is 12.8. The topological polar surface area (TPSA) is 199 Å². The third-order valence-corrected chi connectivity index (χ3v) is 5.36. The largest absolute Gasteiger partial charge is 0.465 e. The van der Waals surface area contributed by atoms with Crippen LogP contribution in [0.3, 0.4) is 0 Å². The van der Waals surface area contributed by atoms with E-state index in [4.69, 9.17) is 28.4 Å². The maximum Gasteiger partial charge on any atom is 0.408 e. The van der Waals surface area contributed by atoms with Gasteiger partial charge in [-0.15, -0.1) is 0 Å². The zero-order chi connectivity index (χ0) is 30.3. The number of rotatable bonds is 9. The lowest BCUT2D eigenvalue weighted by molar-refractivity contribution is -0.320. The van der Waals surface area contributed by atoms with Crippen molar-refractivity contribution in [1.82, 2.24) is 5.32 Å². The average Bonchev–Trinajstić information content (AvgIpc) is 2.77. The number of esters is 5. The molecule has 1 rings (SSSR count). The molecular weight excluding hydrogens is 526 g/mol. The van der Waals surface area contributed by atoms with E-state index in [-0.39, 0.29) is 0 Å². The number of hydrogen-bond acceptors (Lipinski definition) is 14. The minimum Gasteiger partial charge on any atom is -0.465 e. The number of alkyl carbamates (subject to hydrolysis) is 1. The molecule has 1 heterocycles. The van der Waals surface area contributed by atoms with Crippen molar-refractivity contribution in [1.29, 1.82) is 0 Å². The van der Waals surface area contributed by atoms with E-state index in [0.717, 1.165) is 34.8 Å². The number of carbonyl (C=O) groups is 6. The maximum absolute atomic E-state index is 12.8. The molecule has 222 valence electrons. The first-order valence-corrected chi connectivity index (χ1v) is 12.0. The SMILES string of the molecule is COC(=O)C1(O)OC([C@H](OC(C)=O)[C@@H](COC(C)=O)OC(C)=O)C(NC(=O)OC(C)(C)C)C(OC(C)=O)C1C. The molecule has 0 saturated carbocycles. The van der Waals surface area contributed by atoms with Gasteiger partial charge < -0.3 is 43.6 Å². The summed E-state index contributed by atoms with van der Waals surface area (Å²) in [6.45, 7) is 9.53. The highest BCUT2D eigenvalue weighted by Crippen LogP contribution is 2.38. The highest BCUT2D eigenvalue weighted by Gasteiger charge is 2.62. The molecule has 7 atom stereocenters. The number of aliphatic hydroxyl groups is 1.